The van der Waals surface area contributed by atoms with Gasteiger partial charge in [-0.3, -0.25) is 9.58 Å². The molecule has 1 amide bonds. The minimum Gasteiger partial charge on any atom is -0.456 e. The largest absolute Gasteiger partial charge is 0.456 e. The topological polar surface area (TPSA) is 77.9 Å². The fraction of sp³-hybridized carbons (Fsp3) is 0.407. The molecule has 9 heteroatoms. The number of fused-ring (bicyclic) bond motifs is 1. The molecule has 190 valence electrons. The highest BCUT2D eigenvalue weighted by Crippen LogP contribution is 2.45. The Morgan fingerprint density at radius 3 is 2.69 bits per heavy atom. The number of nitrogens with zero attached hydrogens (tertiary/aromatic N) is 3. The van der Waals surface area contributed by atoms with Gasteiger partial charge in [0.25, 0.3) is 0 Å². The molecular formula is C27H31FN4O4. The highest BCUT2D eigenvalue weighted by atomic mass is 19.1. The van der Waals surface area contributed by atoms with Crippen LogP contribution in [-0.2, 0) is 15.9 Å². The molecule has 2 unspecified atom stereocenters. The van der Waals surface area contributed by atoms with E-state index < -0.39 is 6.09 Å². The zero-order chi connectivity index (χ0) is 25.2. The fourth-order valence-electron chi connectivity index (χ4n) is 5.16. The molecule has 0 bridgehead atoms. The molecule has 5 rings (SSSR count). The van der Waals surface area contributed by atoms with Crippen molar-refractivity contribution < 1.29 is 23.4 Å². The fourth-order valence-corrected chi connectivity index (χ4v) is 5.16. The van der Waals surface area contributed by atoms with Crippen molar-refractivity contribution in [2.45, 2.75) is 44.4 Å². The van der Waals surface area contributed by atoms with Gasteiger partial charge in [-0.1, -0.05) is 0 Å². The zero-order valence-electron chi connectivity index (χ0n) is 20.7. The van der Waals surface area contributed by atoms with Crippen LogP contribution in [0.15, 0.2) is 48.8 Å². The summed E-state index contributed by atoms with van der Waals surface area (Å²) in [6.45, 7) is 3.68. The number of halogens is 1. The molecule has 0 radical (unpaired) electrons. The van der Waals surface area contributed by atoms with Gasteiger partial charge in [0.15, 0.2) is 0 Å². The number of rotatable bonds is 5. The number of ether oxygens (including phenoxy) is 3. The number of methoxy groups -OCH3 is 2. The Hall–Kier alpha value is -3.43. The summed E-state index contributed by atoms with van der Waals surface area (Å²) in [4.78, 5) is 14.3. The van der Waals surface area contributed by atoms with Crippen molar-refractivity contribution in [3.05, 3.63) is 60.2 Å². The van der Waals surface area contributed by atoms with Crippen molar-refractivity contribution in [1.29, 1.82) is 0 Å². The molecule has 0 spiro atoms. The summed E-state index contributed by atoms with van der Waals surface area (Å²) >= 11 is 0. The molecule has 1 aromatic heterocycles. The van der Waals surface area contributed by atoms with Gasteiger partial charge in [0.2, 0.25) is 0 Å². The van der Waals surface area contributed by atoms with E-state index in [-0.39, 0.29) is 24.0 Å². The number of carbonyl (C=O) groups excluding carboxylic acids is 1. The third-order valence-corrected chi connectivity index (χ3v) is 7.10. The molecule has 1 fully saturated rings. The molecule has 2 aliphatic rings. The van der Waals surface area contributed by atoms with Crippen LogP contribution >= 0.6 is 0 Å². The van der Waals surface area contributed by atoms with Crippen LogP contribution < -0.4 is 15.0 Å². The van der Waals surface area contributed by atoms with Crippen molar-refractivity contribution in [2.75, 3.05) is 32.2 Å². The van der Waals surface area contributed by atoms with Crippen molar-refractivity contribution in [1.82, 2.24) is 15.1 Å². The lowest BCUT2D eigenvalue weighted by Gasteiger charge is -2.35. The first-order valence-corrected chi connectivity index (χ1v) is 12.2. The summed E-state index contributed by atoms with van der Waals surface area (Å²) in [7, 11) is 3.11. The van der Waals surface area contributed by atoms with Crippen LogP contribution in [0, 0.1) is 5.82 Å². The summed E-state index contributed by atoms with van der Waals surface area (Å²) in [5.41, 5.74) is 3.41. The van der Waals surface area contributed by atoms with E-state index in [1.165, 1.54) is 19.2 Å². The van der Waals surface area contributed by atoms with E-state index in [0.29, 0.717) is 11.5 Å². The average Bonchev–Trinajstić information content (AvgIpc) is 3.39. The van der Waals surface area contributed by atoms with Crippen molar-refractivity contribution in [3.8, 4) is 22.6 Å². The Bertz CT molecular complexity index is 1230. The molecule has 3 heterocycles. The zero-order valence-corrected chi connectivity index (χ0v) is 20.7. The van der Waals surface area contributed by atoms with E-state index in [1.54, 1.807) is 24.1 Å². The SMILES string of the molecule is COC(=O)N1c2ccc(-c3cnn(C4CCNCC4OC)c3)c(Oc3ccc(F)cc3)c2CC[C@@H]1C. The summed E-state index contributed by atoms with van der Waals surface area (Å²) < 4.78 is 32.7. The Labute approximate surface area is 209 Å². The number of amides is 1. The first-order chi connectivity index (χ1) is 17.5. The molecule has 36 heavy (non-hydrogen) atoms. The van der Waals surface area contributed by atoms with Crippen molar-refractivity contribution >= 4 is 11.8 Å². The Kier molecular flexibility index (Phi) is 6.93. The predicted octanol–water partition coefficient (Wildman–Crippen LogP) is 4.94. The van der Waals surface area contributed by atoms with Crippen molar-refractivity contribution in [3.63, 3.8) is 0 Å². The maximum absolute atomic E-state index is 13.6. The maximum Gasteiger partial charge on any atom is 0.414 e. The average molecular weight is 495 g/mol. The number of nitrogens with one attached hydrogen (secondary N) is 1. The second-order valence-corrected chi connectivity index (χ2v) is 9.27. The van der Waals surface area contributed by atoms with Crippen LogP contribution in [0.5, 0.6) is 11.5 Å². The Morgan fingerprint density at radius 2 is 1.94 bits per heavy atom. The van der Waals surface area contributed by atoms with Gasteiger partial charge in [0, 0.05) is 42.6 Å². The molecule has 8 nitrogen and oxygen atoms in total. The number of aromatic nitrogens is 2. The van der Waals surface area contributed by atoms with E-state index >= 15 is 0 Å². The molecule has 3 aromatic rings. The van der Waals surface area contributed by atoms with E-state index in [9.17, 15) is 9.18 Å². The van der Waals surface area contributed by atoms with Crippen LogP contribution in [0.3, 0.4) is 0 Å². The molecule has 2 aliphatic heterocycles. The smallest absolute Gasteiger partial charge is 0.414 e. The third kappa shape index (κ3) is 4.56. The summed E-state index contributed by atoms with van der Waals surface area (Å²) in [6, 6.07) is 9.94. The van der Waals surface area contributed by atoms with Gasteiger partial charge in [0.1, 0.15) is 17.3 Å². The number of carbonyl (C=O) groups is 1. The quantitative estimate of drug-likeness (QED) is 0.542. The van der Waals surface area contributed by atoms with Gasteiger partial charge >= 0.3 is 6.09 Å². The molecule has 1 saturated heterocycles. The lowest BCUT2D eigenvalue weighted by molar-refractivity contribution is 0.0346. The second-order valence-electron chi connectivity index (χ2n) is 9.27. The molecule has 2 aromatic carbocycles. The highest BCUT2D eigenvalue weighted by molar-refractivity contribution is 5.92. The first kappa shape index (κ1) is 24.3. The predicted molar refractivity (Wildman–Crippen MR) is 134 cm³/mol. The summed E-state index contributed by atoms with van der Waals surface area (Å²) in [5, 5.41) is 8.04. The number of benzene rings is 2. The van der Waals surface area contributed by atoms with Crippen LogP contribution in [0.2, 0.25) is 0 Å². The third-order valence-electron chi connectivity index (χ3n) is 7.10. The van der Waals surface area contributed by atoms with Crippen molar-refractivity contribution in [2.24, 2.45) is 0 Å². The van der Waals surface area contributed by atoms with Gasteiger partial charge in [-0.25, -0.2) is 9.18 Å². The molecule has 1 N–H and O–H groups in total. The minimum absolute atomic E-state index is 0.0110. The van der Waals surface area contributed by atoms with E-state index in [0.717, 1.165) is 54.7 Å². The van der Waals surface area contributed by atoms with E-state index in [2.05, 4.69) is 10.4 Å². The number of hydrogen-bond donors (Lipinski definition) is 1. The molecular weight excluding hydrogens is 463 g/mol. The minimum atomic E-state index is -0.409. The summed E-state index contributed by atoms with van der Waals surface area (Å²) in [5.74, 6) is 0.812. The number of anilines is 1. The van der Waals surface area contributed by atoms with Crippen LogP contribution in [0.25, 0.3) is 11.1 Å². The number of piperidine rings is 1. The van der Waals surface area contributed by atoms with Crippen LogP contribution in [0.4, 0.5) is 14.9 Å². The Morgan fingerprint density at radius 1 is 1.14 bits per heavy atom. The first-order valence-electron chi connectivity index (χ1n) is 12.2. The maximum atomic E-state index is 13.6. The number of hydrogen-bond acceptors (Lipinski definition) is 6. The van der Waals surface area contributed by atoms with Gasteiger partial charge in [-0.05, 0) is 69.1 Å². The van der Waals surface area contributed by atoms with Crippen LogP contribution in [0.1, 0.15) is 31.4 Å². The van der Waals surface area contributed by atoms with Gasteiger partial charge < -0.3 is 19.5 Å². The Balaban J connectivity index is 1.59. The lowest BCUT2D eigenvalue weighted by Crippen LogP contribution is -2.42. The molecule has 3 atom stereocenters. The van der Waals surface area contributed by atoms with E-state index in [1.807, 2.05) is 36.1 Å². The second kappa shape index (κ2) is 10.3. The highest BCUT2D eigenvalue weighted by Gasteiger charge is 2.33. The van der Waals surface area contributed by atoms with Gasteiger partial charge in [-0.15, -0.1) is 0 Å². The van der Waals surface area contributed by atoms with Crippen LogP contribution in [-0.4, -0.2) is 55.3 Å². The monoisotopic (exact) mass is 494 g/mol. The summed E-state index contributed by atoms with van der Waals surface area (Å²) in [6.07, 6.45) is 5.86. The standard InChI is InChI=1S/C27H31FN4O4/c1-17-4-9-22-23(32(17)27(33)35-3)11-10-21(26(22)36-20-7-5-19(28)6-8-20)18-14-30-31(16-18)24-12-13-29-15-25(24)34-2/h5-8,10-11,14,16-17,24-25,29H,4,9,12-13,15H2,1-3H3/t17-,24?,25?/m0/s1. The van der Waals surface area contributed by atoms with Gasteiger partial charge in [-0.2, -0.15) is 5.10 Å². The normalized spacial score (nSPS) is 21.7. The van der Waals surface area contributed by atoms with E-state index in [4.69, 9.17) is 14.2 Å². The molecule has 0 saturated carbocycles. The van der Waals surface area contributed by atoms with Gasteiger partial charge in [0.05, 0.1) is 31.1 Å². The lowest BCUT2D eigenvalue weighted by atomic mass is 9.92. The molecule has 0 aliphatic carbocycles.